The van der Waals surface area contributed by atoms with E-state index in [1.165, 1.54) is 16.4 Å². The molecule has 1 aliphatic heterocycles. The van der Waals surface area contributed by atoms with E-state index in [1.807, 2.05) is 11.1 Å². The second kappa shape index (κ2) is 11.1. The molecule has 154 valence electrons. The third kappa shape index (κ3) is 7.93. The first-order chi connectivity index (χ1) is 13.3. The van der Waals surface area contributed by atoms with Gasteiger partial charge in [0.05, 0.1) is 0 Å². The molecule has 1 aliphatic rings. The molecule has 9 heteroatoms. The highest BCUT2D eigenvalue weighted by Gasteiger charge is 2.28. The lowest BCUT2D eigenvalue weighted by atomic mass is 10.0. The van der Waals surface area contributed by atoms with E-state index < -0.39 is 5.03 Å². The van der Waals surface area contributed by atoms with E-state index >= 15 is 0 Å². The van der Waals surface area contributed by atoms with Crippen LogP contribution in [0.15, 0.2) is 41.6 Å². The molecule has 2 N–H and O–H groups in total. The maximum atomic E-state index is 10.9. The number of nitro groups is 1. The Morgan fingerprint density at radius 1 is 1.43 bits per heavy atom. The van der Waals surface area contributed by atoms with Crippen LogP contribution in [0.25, 0.3) is 0 Å². The lowest BCUT2D eigenvalue weighted by Gasteiger charge is -2.39. The molecule has 1 aromatic rings. The first-order valence-electron chi connectivity index (χ1n) is 9.42. The molecule has 1 unspecified atom stereocenters. The van der Waals surface area contributed by atoms with Crippen molar-refractivity contribution in [2.75, 3.05) is 13.1 Å². The van der Waals surface area contributed by atoms with Crippen molar-refractivity contribution >= 4 is 11.6 Å². The molecule has 8 nitrogen and oxygen atoms in total. The lowest BCUT2D eigenvalue weighted by molar-refractivity contribution is -0.599. The quantitative estimate of drug-likeness (QED) is 0.279. The van der Waals surface area contributed by atoms with Gasteiger partial charge in [-0.15, -0.1) is 0 Å². The molecule has 1 aromatic heterocycles. The molecule has 1 fully saturated rings. The van der Waals surface area contributed by atoms with Crippen molar-refractivity contribution < 1.29 is 5.03 Å². The molecule has 0 spiro atoms. The lowest BCUT2D eigenvalue weighted by Crippen LogP contribution is -2.65. The largest absolute Gasteiger partial charge is 0.244 e. The summed E-state index contributed by atoms with van der Waals surface area (Å²) < 4.78 is 0. The molecular formula is C19H29ClN6O2. The minimum Gasteiger partial charge on any atom is -0.244 e. The SMILES string of the molecule is CC(C)=CCC/C(C)=C/CC1CNN(N[N+](=O)[O-])N(Cc2ccc(Cl)nc2)C1. The minimum atomic E-state index is -0.576. The highest BCUT2D eigenvalue weighted by molar-refractivity contribution is 6.29. The van der Waals surface area contributed by atoms with Crippen LogP contribution in [0, 0.1) is 16.0 Å². The Morgan fingerprint density at radius 2 is 2.21 bits per heavy atom. The van der Waals surface area contributed by atoms with E-state index in [-0.39, 0.29) is 0 Å². The number of hydrazine groups is 4. The van der Waals surface area contributed by atoms with Gasteiger partial charge in [-0.1, -0.05) is 41.0 Å². The number of nitrogens with one attached hydrogen (secondary N) is 2. The van der Waals surface area contributed by atoms with Gasteiger partial charge in [-0.3, -0.25) is 0 Å². The van der Waals surface area contributed by atoms with Crippen molar-refractivity contribution in [1.82, 2.24) is 26.2 Å². The van der Waals surface area contributed by atoms with E-state index in [0.717, 1.165) is 24.8 Å². The smallest absolute Gasteiger partial charge is 0.176 e. The van der Waals surface area contributed by atoms with Crippen LogP contribution in [-0.4, -0.2) is 33.3 Å². The topological polar surface area (TPSA) is 86.6 Å². The van der Waals surface area contributed by atoms with Gasteiger partial charge < -0.3 is 0 Å². The zero-order chi connectivity index (χ0) is 20.5. The predicted molar refractivity (Wildman–Crippen MR) is 110 cm³/mol. The molecule has 1 saturated heterocycles. The first kappa shape index (κ1) is 22.3. The number of pyridine rings is 1. The van der Waals surface area contributed by atoms with Crippen molar-refractivity contribution in [2.45, 2.75) is 46.6 Å². The number of hydrogen-bond donors (Lipinski definition) is 2. The second-order valence-corrected chi connectivity index (χ2v) is 7.73. The van der Waals surface area contributed by atoms with Crippen LogP contribution in [-0.2, 0) is 6.54 Å². The van der Waals surface area contributed by atoms with Crippen molar-refractivity contribution in [1.29, 1.82) is 0 Å². The molecule has 28 heavy (non-hydrogen) atoms. The minimum absolute atomic E-state index is 0.350. The standard InChI is InChI=1S/C19H29ClN6O2/c1-15(2)5-4-6-16(3)7-8-18-12-22-25(23-26(27)28)24(14-18)13-17-9-10-19(20)21-11-17/h5,7,9-11,18,22-23H,4,6,8,12-14H2,1-3H3/b16-7+. The Morgan fingerprint density at radius 3 is 2.86 bits per heavy atom. The van der Waals surface area contributed by atoms with Crippen molar-refractivity contribution in [3.05, 3.63) is 62.5 Å². The first-order valence-corrected chi connectivity index (χ1v) is 9.80. The van der Waals surface area contributed by atoms with Gasteiger partial charge >= 0.3 is 0 Å². The maximum absolute atomic E-state index is 10.9. The Labute approximate surface area is 171 Å². The van der Waals surface area contributed by atoms with E-state index in [2.05, 4.69) is 48.9 Å². The van der Waals surface area contributed by atoms with Gasteiger partial charge in [0.1, 0.15) is 5.15 Å². The van der Waals surface area contributed by atoms with Crippen molar-refractivity contribution in [3.8, 4) is 0 Å². The molecule has 0 radical (unpaired) electrons. The van der Waals surface area contributed by atoms with Gasteiger partial charge in [-0.25, -0.2) is 20.5 Å². The van der Waals surface area contributed by atoms with Gasteiger partial charge in [0.15, 0.2) is 5.03 Å². The van der Waals surface area contributed by atoms with Crippen LogP contribution in [0.1, 0.15) is 45.6 Å². The molecule has 0 aromatic carbocycles. The van der Waals surface area contributed by atoms with Crippen molar-refractivity contribution in [2.24, 2.45) is 5.92 Å². The van der Waals surface area contributed by atoms with Crippen molar-refractivity contribution in [3.63, 3.8) is 0 Å². The van der Waals surface area contributed by atoms with Crippen LogP contribution in [0.3, 0.4) is 0 Å². The fraction of sp³-hybridized carbons (Fsp3) is 0.526. The van der Waals surface area contributed by atoms with E-state index in [0.29, 0.717) is 30.7 Å². The summed E-state index contributed by atoms with van der Waals surface area (Å²) in [5.74, 6) is 0.350. The summed E-state index contributed by atoms with van der Waals surface area (Å²) in [5.41, 5.74) is 8.92. The number of allylic oxidation sites excluding steroid dienone is 4. The molecule has 0 amide bonds. The summed E-state index contributed by atoms with van der Waals surface area (Å²) in [5, 5.41) is 14.0. The van der Waals surface area contributed by atoms with Gasteiger partial charge in [0.2, 0.25) is 0 Å². The molecule has 1 atom stereocenters. The van der Waals surface area contributed by atoms with E-state index in [9.17, 15) is 10.1 Å². The molecule has 2 heterocycles. The summed E-state index contributed by atoms with van der Waals surface area (Å²) in [6.45, 7) is 8.22. The second-order valence-electron chi connectivity index (χ2n) is 7.34. The highest BCUT2D eigenvalue weighted by atomic mass is 35.5. The van der Waals surface area contributed by atoms with Gasteiger partial charge in [0.25, 0.3) is 0 Å². The van der Waals surface area contributed by atoms with Gasteiger partial charge in [-0.2, -0.15) is 5.01 Å². The van der Waals surface area contributed by atoms with Crippen LogP contribution in [0.2, 0.25) is 5.15 Å². The monoisotopic (exact) mass is 408 g/mol. The summed E-state index contributed by atoms with van der Waals surface area (Å²) in [6.07, 6.45) is 9.26. The number of nitrogens with zero attached hydrogens (tertiary/aromatic N) is 4. The summed E-state index contributed by atoms with van der Waals surface area (Å²) in [7, 11) is 0. The zero-order valence-corrected chi connectivity index (χ0v) is 17.4. The summed E-state index contributed by atoms with van der Waals surface area (Å²) >= 11 is 5.84. The number of rotatable bonds is 9. The molecule has 0 saturated carbocycles. The number of aromatic nitrogens is 1. The summed E-state index contributed by atoms with van der Waals surface area (Å²) in [4.78, 5) is 15.0. The molecule has 2 rings (SSSR count). The normalized spacial score (nSPS) is 18.7. The van der Waals surface area contributed by atoms with Crippen LogP contribution >= 0.6 is 11.6 Å². The predicted octanol–water partition coefficient (Wildman–Crippen LogP) is 3.67. The Balaban J connectivity index is 1.96. The Bertz CT molecular complexity index is 703. The van der Waals surface area contributed by atoms with E-state index in [1.54, 1.807) is 12.3 Å². The Kier molecular flexibility index (Phi) is 8.85. The maximum Gasteiger partial charge on any atom is 0.176 e. The third-order valence-corrected chi connectivity index (χ3v) is 4.73. The number of halogens is 1. The average Bonchev–Trinajstić information content (AvgIpc) is 2.63. The third-order valence-electron chi connectivity index (χ3n) is 4.50. The van der Waals surface area contributed by atoms with Crippen LogP contribution in [0.4, 0.5) is 0 Å². The summed E-state index contributed by atoms with van der Waals surface area (Å²) in [6, 6.07) is 3.59. The van der Waals surface area contributed by atoms with Crippen LogP contribution in [0.5, 0.6) is 0 Å². The Hall–Kier alpha value is -2.00. The zero-order valence-electron chi connectivity index (χ0n) is 16.7. The van der Waals surface area contributed by atoms with Gasteiger partial charge in [0, 0.05) is 25.8 Å². The molecule has 0 bridgehead atoms. The van der Waals surface area contributed by atoms with Gasteiger partial charge in [-0.05, 0) is 68.3 Å². The highest BCUT2D eigenvalue weighted by Crippen LogP contribution is 2.18. The average molecular weight is 409 g/mol. The molecule has 0 aliphatic carbocycles. The fourth-order valence-electron chi connectivity index (χ4n) is 3.00. The molecular weight excluding hydrogens is 380 g/mol. The van der Waals surface area contributed by atoms with E-state index in [4.69, 9.17) is 11.6 Å². The van der Waals surface area contributed by atoms with Crippen LogP contribution < -0.4 is 11.0 Å². The fourth-order valence-corrected chi connectivity index (χ4v) is 3.11. The number of hydrogen-bond acceptors (Lipinski definition) is 6.